The predicted octanol–water partition coefficient (Wildman–Crippen LogP) is 2.53. The molecule has 0 radical (unpaired) electrons. The fraction of sp³-hybridized carbons (Fsp3) is 0.217. The Morgan fingerprint density at radius 3 is 2.41 bits per heavy atom. The molecule has 0 bridgehead atoms. The van der Waals surface area contributed by atoms with Gasteiger partial charge in [-0.05, 0) is 30.3 Å². The summed E-state index contributed by atoms with van der Waals surface area (Å²) in [5.74, 6) is -0.170. The summed E-state index contributed by atoms with van der Waals surface area (Å²) in [6.07, 6.45) is -1.69. The van der Waals surface area contributed by atoms with E-state index in [1.54, 1.807) is 47.2 Å². The van der Waals surface area contributed by atoms with E-state index >= 15 is 0 Å². The van der Waals surface area contributed by atoms with Gasteiger partial charge in [-0.1, -0.05) is 12.1 Å². The Hall–Kier alpha value is -4.75. The molecule has 0 aliphatic carbocycles. The minimum absolute atomic E-state index is 0.206. The average Bonchev–Trinajstić information content (AvgIpc) is 3.21. The molecule has 1 saturated heterocycles. The molecule has 1 aliphatic heterocycles. The summed E-state index contributed by atoms with van der Waals surface area (Å²) in [4.78, 5) is 29.8. The number of aryl methyl sites for hydroxylation is 1. The number of alkyl halides is 3. The van der Waals surface area contributed by atoms with Crippen molar-refractivity contribution < 1.29 is 18.0 Å². The van der Waals surface area contributed by atoms with Crippen LogP contribution < -0.4 is 21.3 Å². The van der Waals surface area contributed by atoms with Gasteiger partial charge in [-0.2, -0.15) is 18.2 Å². The van der Waals surface area contributed by atoms with E-state index in [0.717, 1.165) is 16.9 Å². The van der Waals surface area contributed by atoms with E-state index in [-0.39, 0.29) is 19.0 Å². The van der Waals surface area contributed by atoms with Crippen LogP contribution in [-0.4, -0.2) is 60.9 Å². The Morgan fingerprint density at radius 1 is 1.03 bits per heavy atom. The van der Waals surface area contributed by atoms with Crippen molar-refractivity contribution in [3.8, 4) is 22.6 Å². The highest BCUT2D eigenvalue weighted by molar-refractivity contribution is 5.82. The van der Waals surface area contributed by atoms with Gasteiger partial charge in [0.25, 0.3) is 0 Å². The van der Waals surface area contributed by atoms with E-state index in [1.165, 1.54) is 0 Å². The maximum absolute atomic E-state index is 12.4. The quantitative estimate of drug-likeness (QED) is 0.357. The van der Waals surface area contributed by atoms with Crippen LogP contribution >= 0.6 is 0 Å². The van der Waals surface area contributed by atoms with Crippen LogP contribution in [0.5, 0.6) is 0 Å². The highest BCUT2D eigenvalue weighted by Gasteiger charge is 2.41. The summed E-state index contributed by atoms with van der Waals surface area (Å²) in [5.41, 5.74) is 8.73. The molecule has 3 aromatic heterocycles. The number of nitrogens with one attached hydrogen (secondary N) is 2. The smallest absolute Gasteiger partial charge is 0.368 e. The average molecular weight is 510 g/mol. The van der Waals surface area contributed by atoms with E-state index in [4.69, 9.17) is 5.73 Å². The Balaban J connectivity index is 1.21. The normalized spacial score (nSPS) is 13.8. The summed E-state index contributed by atoms with van der Waals surface area (Å²) < 4.78 is 38.7. The van der Waals surface area contributed by atoms with Gasteiger partial charge in [0.1, 0.15) is 5.82 Å². The monoisotopic (exact) mass is 510 g/mol. The molecule has 4 N–H and O–H groups in total. The van der Waals surface area contributed by atoms with Gasteiger partial charge in [-0.25, -0.2) is 19.6 Å². The molecular weight excluding hydrogens is 489 g/mol. The number of aromatic nitrogens is 6. The van der Waals surface area contributed by atoms with E-state index < -0.39 is 18.1 Å². The number of benzene rings is 1. The number of halogens is 3. The maximum Gasteiger partial charge on any atom is 0.471 e. The molecule has 0 atom stereocenters. The van der Waals surface area contributed by atoms with Crippen LogP contribution in [0.3, 0.4) is 0 Å². The van der Waals surface area contributed by atoms with Crippen LogP contribution in [0.25, 0.3) is 22.6 Å². The van der Waals surface area contributed by atoms with Gasteiger partial charge in [-0.3, -0.25) is 4.79 Å². The molecule has 4 aromatic rings. The van der Waals surface area contributed by atoms with Gasteiger partial charge in [0.15, 0.2) is 5.82 Å². The molecule has 1 amide bonds. The van der Waals surface area contributed by atoms with E-state index in [9.17, 15) is 18.0 Å². The van der Waals surface area contributed by atoms with Crippen LogP contribution in [0.1, 0.15) is 0 Å². The highest BCUT2D eigenvalue weighted by Crippen LogP contribution is 2.25. The van der Waals surface area contributed by atoms with Gasteiger partial charge in [0, 0.05) is 49.3 Å². The van der Waals surface area contributed by atoms with Crippen molar-refractivity contribution >= 4 is 29.3 Å². The molecule has 0 spiro atoms. The molecule has 0 saturated carbocycles. The molecule has 4 heterocycles. The standard InChI is InChI=1S/C23H21F3N10O/c1-35-22(31-15-5-2-13(3-6-15)17-8-9-28-21(27)32-17)33-19(34-35)14-4-7-18(29-10-14)36-11-16(12-36)30-20(37)23(24,25)26/h2-10,16H,11-12H2,1H3,(H,30,37)(H2,27,28,32)(H,31,33,34). The number of amides is 1. The number of carbonyl (C=O) groups excluding carboxylic acids is 1. The Labute approximate surface area is 208 Å². The number of hydrogen-bond acceptors (Lipinski definition) is 9. The third-order valence-electron chi connectivity index (χ3n) is 5.68. The number of hydrogen-bond donors (Lipinski definition) is 3. The van der Waals surface area contributed by atoms with Crippen LogP contribution in [0.2, 0.25) is 0 Å². The third-order valence-corrected chi connectivity index (χ3v) is 5.68. The van der Waals surface area contributed by atoms with E-state index in [1.807, 2.05) is 29.6 Å². The van der Waals surface area contributed by atoms with E-state index in [2.05, 4.69) is 30.4 Å². The molecule has 1 fully saturated rings. The number of rotatable bonds is 6. The van der Waals surface area contributed by atoms with Gasteiger partial charge in [0.2, 0.25) is 11.9 Å². The van der Waals surface area contributed by atoms with Crippen molar-refractivity contribution in [2.24, 2.45) is 7.05 Å². The van der Waals surface area contributed by atoms with Crippen molar-refractivity contribution in [2.75, 3.05) is 29.0 Å². The SMILES string of the molecule is Cn1nc(-c2ccc(N3CC(NC(=O)C(F)(F)F)C3)nc2)nc1Nc1ccc(-c2ccnc(N)n2)cc1. The van der Waals surface area contributed by atoms with Gasteiger partial charge >= 0.3 is 12.1 Å². The first-order valence-corrected chi connectivity index (χ1v) is 11.1. The second-order valence-electron chi connectivity index (χ2n) is 8.36. The maximum atomic E-state index is 12.4. The molecule has 1 aromatic carbocycles. The second kappa shape index (κ2) is 9.37. The summed E-state index contributed by atoms with van der Waals surface area (Å²) in [7, 11) is 1.76. The lowest BCUT2D eigenvalue weighted by Gasteiger charge is -2.40. The molecule has 11 nitrogen and oxygen atoms in total. The Bertz CT molecular complexity index is 1410. The number of nitrogens with two attached hydrogens (primary N) is 1. The zero-order valence-corrected chi connectivity index (χ0v) is 19.4. The number of anilines is 4. The zero-order valence-electron chi connectivity index (χ0n) is 19.4. The molecular formula is C23H21F3N10O. The fourth-order valence-corrected chi connectivity index (χ4v) is 3.73. The van der Waals surface area contributed by atoms with Crippen LogP contribution in [0.15, 0.2) is 54.9 Å². The van der Waals surface area contributed by atoms with Crippen molar-refractivity contribution in [1.82, 2.24) is 35.0 Å². The molecule has 5 rings (SSSR count). The lowest BCUT2D eigenvalue weighted by molar-refractivity contribution is -0.174. The first-order valence-electron chi connectivity index (χ1n) is 11.1. The first-order chi connectivity index (χ1) is 17.7. The largest absolute Gasteiger partial charge is 0.471 e. The Morgan fingerprint density at radius 2 is 1.76 bits per heavy atom. The summed E-state index contributed by atoms with van der Waals surface area (Å²) in [6.45, 7) is 0.487. The summed E-state index contributed by atoms with van der Waals surface area (Å²) >= 11 is 0. The number of nitrogens with zero attached hydrogens (tertiary/aromatic N) is 7. The molecule has 190 valence electrons. The van der Waals surface area contributed by atoms with Gasteiger partial charge in [-0.15, -0.1) is 5.10 Å². The minimum Gasteiger partial charge on any atom is -0.368 e. The second-order valence-corrected chi connectivity index (χ2v) is 8.36. The summed E-state index contributed by atoms with van der Waals surface area (Å²) in [5, 5.41) is 9.61. The van der Waals surface area contributed by atoms with Crippen molar-refractivity contribution in [1.29, 1.82) is 0 Å². The highest BCUT2D eigenvalue weighted by atomic mass is 19.4. The number of nitrogen functional groups attached to an aromatic ring is 1. The van der Waals surface area contributed by atoms with Gasteiger partial charge in [0.05, 0.1) is 11.7 Å². The minimum atomic E-state index is -4.89. The van der Waals surface area contributed by atoms with Crippen LogP contribution in [0.4, 0.5) is 36.6 Å². The van der Waals surface area contributed by atoms with Crippen molar-refractivity contribution in [3.05, 3.63) is 54.9 Å². The lowest BCUT2D eigenvalue weighted by atomic mass is 10.1. The van der Waals surface area contributed by atoms with Crippen LogP contribution in [0, 0.1) is 0 Å². The lowest BCUT2D eigenvalue weighted by Crippen LogP contribution is -2.61. The molecule has 14 heteroatoms. The van der Waals surface area contributed by atoms with E-state index in [0.29, 0.717) is 23.2 Å². The Kier molecular flexibility index (Phi) is 6.07. The third kappa shape index (κ3) is 5.27. The van der Waals surface area contributed by atoms with Crippen molar-refractivity contribution in [2.45, 2.75) is 12.2 Å². The molecule has 1 aliphatic rings. The van der Waals surface area contributed by atoms with Gasteiger partial charge < -0.3 is 21.3 Å². The predicted molar refractivity (Wildman–Crippen MR) is 130 cm³/mol. The topological polar surface area (TPSA) is 140 Å². The number of pyridine rings is 1. The fourth-order valence-electron chi connectivity index (χ4n) is 3.73. The first kappa shape index (κ1) is 24.0. The summed E-state index contributed by atoms with van der Waals surface area (Å²) in [6, 6.07) is 12.3. The zero-order chi connectivity index (χ0) is 26.2. The molecule has 0 unspecified atom stereocenters. The molecule has 37 heavy (non-hydrogen) atoms. The van der Waals surface area contributed by atoms with Crippen molar-refractivity contribution in [3.63, 3.8) is 0 Å². The number of carbonyl (C=O) groups is 1. The van der Waals surface area contributed by atoms with Crippen LogP contribution in [-0.2, 0) is 11.8 Å².